The molecule has 0 bridgehead atoms. The first kappa shape index (κ1) is 16.8. The van der Waals surface area contributed by atoms with Crippen LogP contribution in [0.4, 0.5) is 17.1 Å². The molecule has 0 aliphatic rings. The van der Waals surface area contributed by atoms with Gasteiger partial charge in [0.25, 0.3) is 0 Å². The number of halogens is 1. The molecule has 0 amide bonds. The molecule has 0 atom stereocenters. The lowest BCUT2D eigenvalue weighted by molar-refractivity contribution is 0.104. The summed E-state index contributed by atoms with van der Waals surface area (Å²) in [5.74, 6) is -0.0773. The summed E-state index contributed by atoms with van der Waals surface area (Å²) < 4.78 is 0. The molecule has 2 N–H and O–H groups in total. The van der Waals surface area contributed by atoms with E-state index in [1.165, 1.54) is 6.08 Å². The van der Waals surface area contributed by atoms with Gasteiger partial charge in [0.15, 0.2) is 5.78 Å². The molecule has 4 heteroatoms. The predicted molar refractivity (Wildman–Crippen MR) is 105 cm³/mol. The fourth-order valence-corrected chi connectivity index (χ4v) is 2.39. The van der Waals surface area contributed by atoms with Crippen molar-refractivity contribution in [1.82, 2.24) is 0 Å². The lowest BCUT2D eigenvalue weighted by Gasteiger charge is -2.07. The Morgan fingerprint density at radius 1 is 0.760 bits per heavy atom. The highest BCUT2D eigenvalue weighted by Gasteiger charge is 2.00. The number of anilines is 3. The van der Waals surface area contributed by atoms with E-state index in [1.807, 2.05) is 54.6 Å². The molecule has 0 fully saturated rings. The van der Waals surface area contributed by atoms with Gasteiger partial charge in [0.05, 0.1) is 0 Å². The number of carbonyl (C=O) groups is 1. The van der Waals surface area contributed by atoms with Crippen molar-refractivity contribution in [3.05, 3.63) is 102 Å². The maximum atomic E-state index is 12.0. The average molecular weight is 349 g/mol. The van der Waals surface area contributed by atoms with Gasteiger partial charge in [0, 0.05) is 39.9 Å². The Hall–Kier alpha value is -3.04. The summed E-state index contributed by atoms with van der Waals surface area (Å²) in [6.45, 7) is 0. The van der Waals surface area contributed by atoms with Crippen LogP contribution in [0, 0.1) is 0 Å². The first-order valence-corrected chi connectivity index (χ1v) is 8.24. The van der Waals surface area contributed by atoms with Crippen molar-refractivity contribution < 1.29 is 4.79 Å². The summed E-state index contributed by atoms with van der Waals surface area (Å²) in [4.78, 5) is 12.0. The van der Waals surface area contributed by atoms with Crippen LogP contribution in [0.3, 0.4) is 0 Å². The molecule has 3 nitrogen and oxygen atoms in total. The maximum absolute atomic E-state index is 12.0. The molecule has 0 saturated heterocycles. The van der Waals surface area contributed by atoms with E-state index < -0.39 is 0 Å². The van der Waals surface area contributed by atoms with Gasteiger partial charge >= 0.3 is 0 Å². The molecule has 0 saturated carbocycles. The van der Waals surface area contributed by atoms with E-state index in [-0.39, 0.29) is 5.78 Å². The Morgan fingerprint density at radius 2 is 1.36 bits per heavy atom. The second kappa shape index (κ2) is 8.18. The van der Waals surface area contributed by atoms with Crippen LogP contribution >= 0.6 is 11.6 Å². The van der Waals surface area contributed by atoms with Crippen LogP contribution in [0.25, 0.3) is 0 Å². The molecule has 3 rings (SSSR count). The minimum absolute atomic E-state index is 0.0773. The van der Waals surface area contributed by atoms with Gasteiger partial charge in [0.2, 0.25) is 0 Å². The highest BCUT2D eigenvalue weighted by atomic mass is 35.5. The Morgan fingerprint density at radius 3 is 2.04 bits per heavy atom. The van der Waals surface area contributed by atoms with Crippen molar-refractivity contribution in [2.24, 2.45) is 0 Å². The lowest BCUT2D eigenvalue weighted by atomic mass is 10.1. The minimum atomic E-state index is -0.0773. The summed E-state index contributed by atoms with van der Waals surface area (Å²) in [6, 6.07) is 24.6. The summed E-state index contributed by atoms with van der Waals surface area (Å²) in [7, 11) is 0. The number of para-hydroxylation sites is 1. The SMILES string of the molecule is O=C(/C=C/Nc1ccc(Nc2ccccc2)cc1)c1ccc(Cl)cc1. The molecule has 0 aliphatic heterocycles. The minimum Gasteiger partial charge on any atom is -0.362 e. The molecule has 0 heterocycles. The Balaban J connectivity index is 1.56. The molecular weight excluding hydrogens is 332 g/mol. The number of ketones is 1. The maximum Gasteiger partial charge on any atom is 0.187 e. The quantitative estimate of drug-likeness (QED) is 0.431. The highest BCUT2D eigenvalue weighted by molar-refractivity contribution is 6.30. The predicted octanol–water partition coefficient (Wildman–Crippen LogP) is 5.89. The Kier molecular flexibility index (Phi) is 5.50. The first-order valence-electron chi connectivity index (χ1n) is 7.86. The average Bonchev–Trinajstić information content (AvgIpc) is 2.64. The van der Waals surface area contributed by atoms with Crippen molar-refractivity contribution in [1.29, 1.82) is 0 Å². The zero-order valence-corrected chi connectivity index (χ0v) is 14.2. The van der Waals surface area contributed by atoms with E-state index in [1.54, 1.807) is 30.5 Å². The van der Waals surface area contributed by atoms with Crippen molar-refractivity contribution in [2.45, 2.75) is 0 Å². The third-order valence-corrected chi connectivity index (χ3v) is 3.81. The number of carbonyl (C=O) groups excluding carboxylic acids is 1. The van der Waals surface area contributed by atoms with Crippen LogP contribution in [0.1, 0.15) is 10.4 Å². The zero-order valence-electron chi connectivity index (χ0n) is 13.4. The molecule has 3 aromatic carbocycles. The monoisotopic (exact) mass is 348 g/mol. The van der Waals surface area contributed by atoms with E-state index in [9.17, 15) is 4.79 Å². The smallest absolute Gasteiger partial charge is 0.187 e. The molecule has 0 aliphatic carbocycles. The molecule has 0 radical (unpaired) electrons. The normalized spacial score (nSPS) is 10.6. The highest BCUT2D eigenvalue weighted by Crippen LogP contribution is 2.18. The first-order chi connectivity index (χ1) is 12.2. The third-order valence-electron chi connectivity index (χ3n) is 3.56. The fraction of sp³-hybridized carbons (Fsp3) is 0. The van der Waals surface area contributed by atoms with Crippen LogP contribution in [0.2, 0.25) is 5.02 Å². The topological polar surface area (TPSA) is 41.1 Å². The van der Waals surface area contributed by atoms with E-state index in [0.29, 0.717) is 10.6 Å². The van der Waals surface area contributed by atoms with Crippen LogP contribution in [-0.2, 0) is 0 Å². The summed E-state index contributed by atoms with van der Waals surface area (Å²) in [5.41, 5.74) is 3.54. The van der Waals surface area contributed by atoms with E-state index in [4.69, 9.17) is 11.6 Å². The van der Waals surface area contributed by atoms with Gasteiger partial charge in [-0.1, -0.05) is 29.8 Å². The van der Waals surface area contributed by atoms with Crippen molar-refractivity contribution in [3.8, 4) is 0 Å². The second-order valence-electron chi connectivity index (χ2n) is 5.42. The largest absolute Gasteiger partial charge is 0.362 e. The number of hydrogen-bond donors (Lipinski definition) is 2. The van der Waals surface area contributed by atoms with Crippen molar-refractivity contribution in [2.75, 3.05) is 10.6 Å². The lowest BCUT2D eigenvalue weighted by Crippen LogP contribution is -1.96. The second-order valence-corrected chi connectivity index (χ2v) is 5.85. The fourth-order valence-electron chi connectivity index (χ4n) is 2.26. The summed E-state index contributed by atoms with van der Waals surface area (Å²) in [5, 5.41) is 7.03. The number of allylic oxidation sites excluding steroid dienone is 1. The number of rotatable bonds is 6. The van der Waals surface area contributed by atoms with E-state index in [2.05, 4.69) is 10.6 Å². The van der Waals surface area contributed by atoms with Gasteiger partial charge in [-0.25, -0.2) is 0 Å². The summed E-state index contributed by atoms with van der Waals surface area (Å²) >= 11 is 5.82. The van der Waals surface area contributed by atoms with Gasteiger partial charge < -0.3 is 10.6 Å². The Labute approximate surface area is 152 Å². The van der Waals surface area contributed by atoms with E-state index >= 15 is 0 Å². The Bertz CT molecular complexity index is 857. The molecule has 3 aromatic rings. The van der Waals surface area contributed by atoms with Crippen molar-refractivity contribution >= 4 is 34.4 Å². The van der Waals surface area contributed by atoms with Gasteiger partial charge in [-0.05, 0) is 60.7 Å². The number of hydrogen-bond acceptors (Lipinski definition) is 3. The van der Waals surface area contributed by atoms with Crippen LogP contribution in [0.15, 0.2) is 91.1 Å². The zero-order chi connectivity index (χ0) is 17.5. The summed E-state index contributed by atoms with van der Waals surface area (Å²) in [6.07, 6.45) is 3.13. The molecular formula is C21H17ClN2O. The standard InChI is InChI=1S/C21H17ClN2O/c22-17-8-6-16(7-9-17)21(25)14-15-23-18-10-12-20(13-11-18)24-19-4-2-1-3-5-19/h1-15,23-24H/b15-14+. The van der Waals surface area contributed by atoms with Crippen molar-refractivity contribution in [3.63, 3.8) is 0 Å². The molecule has 124 valence electrons. The van der Waals surface area contributed by atoms with Crippen LogP contribution < -0.4 is 10.6 Å². The van der Waals surface area contributed by atoms with Crippen LogP contribution in [-0.4, -0.2) is 5.78 Å². The van der Waals surface area contributed by atoms with Gasteiger partial charge in [-0.2, -0.15) is 0 Å². The van der Waals surface area contributed by atoms with Gasteiger partial charge in [-0.15, -0.1) is 0 Å². The van der Waals surface area contributed by atoms with Gasteiger partial charge in [-0.3, -0.25) is 4.79 Å². The molecule has 0 aromatic heterocycles. The van der Waals surface area contributed by atoms with E-state index in [0.717, 1.165) is 17.1 Å². The van der Waals surface area contributed by atoms with Gasteiger partial charge in [0.1, 0.15) is 0 Å². The van der Waals surface area contributed by atoms with Crippen LogP contribution in [0.5, 0.6) is 0 Å². The molecule has 0 spiro atoms. The molecule has 25 heavy (non-hydrogen) atoms. The number of benzene rings is 3. The molecule has 0 unspecified atom stereocenters. The third kappa shape index (κ3) is 4.96. The number of nitrogens with one attached hydrogen (secondary N) is 2.